The number of nitriles is 1. The zero-order chi connectivity index (χ0) is 16.2. The Kier molecular flexibility index (Phi) is 9.91. The van der Waals surface area contributed by atoms with E-state index in [1.165, 1.54) is 11.3 Å². The number of halogens is 1. The van der Waals surface area contributed by atoms with E-state index >= 15 is 0 Å². The monoisotopic (exact) mass is 404 g/mol. The van der Waals surface area contributed by atoms with E-state index in [1.807, 2.05) is 18.2 Å². The van der Waals surface area contributed by atoms with Gasteiger partial charge in [0.1, 0.15) is 11.1 Å². The number of morpholine rings is 1. The van der Waals surface area contributed by atoms with Crippen LogP contribution in [0.1, 0.15) is 5.56 Å². The fourth-order valence-corrected chi connectivity index (χ4v) is 3.94. The van der Waals surface area contributed by atoms with Crippen molar-refractivity contribution >= 4 is 27.9 Å². The maximum absolute atomic E-state index is 9.73. The fraction of sp³-hybridized carbons (Fsp3) is 0.312. The Hall–Kier alpha value is -0.184. The Morgan fingerprint density at radius 2 is 2.00 bits per heavy atom. The smallest absolute Gasteiger partial charge is 0.580 e. The van der Waals surface area contributed by atoms with Crippen LogP contribution in [0.2, 0.25) is 5.02 Å². The van der Waals surface area contributed by atoms with Gasteiger partial charge in [0.05, 0.1) is 24.3 Å². The van der Waals surface area contributed by atoms with Gasteiger partial charge in [0, 0.05) is 23.7 Å². The van der Waals surface area contributed by atoms with Gasteiger partial charge in [-0.05, 0) is 6.07 Å². The topological polar surface area (TPSA) is 94.6 Å². The van der Waals surface area contributed by atoms with Crippen LogP contribution in [0.15, 0.2) is 24.3 Å². The molecule has 3 rings (SSSR count). The minimum absolute atomic E-state index is 0. The quantitative estimate of drug-likeness (QED) is 0.611. The number of ether oxygens (including phenoxy) is 1. The van der Waals surface area contributed by atoms with Crippen LogP contribution in [0.25, 0.3) is 16.6 Å². The van der Waals surface area contributed by atoms with Crippen molar-refractivity contribution < 1.29 is 61.0 Å². The van der Waals surface area contributed by atoms with E-state index in [9.17, 15) is 5.26 Å². The normalized spacial score (nSPS) is 13.4. The zero-order valence-corrected chi connectivity index (χ0v) is 19.0. The first kappa shape index (κ1) is 22.9. The first-order valence-corrected chi connectivity index (χ1v) is 8.36. The molecule has 1 fully saturated rings. The Bertz CT molecular complexity index is 744. The van der Waals surface area contributed by atoms with E-state index in [1.54, 1.807) is 13.1 Å². The number of thiophene rings is 1. The zero-order valence-electron chi connectivity index (χ0n) is 14.3. The number of hydrogen-bond acceptors (Lipinski definition) is 6. The fourth-order valence-electron chi connectivity index (χ4n) is 2.55. The number of hydrogen-bond donors (Lipinski definition) is 1. The summed E-state index contributed by atoms with van der Waals surface area (Å²) in [5.74, 6) is 0. The molecule has 0 saturated carbocycles. The molecule has 1 aromatic carbocycles. The van der Waals surface area contributed by atoms with Gasteiger partial charge in [0.15, 0.2) is 5.06 Å². The van der Waals surface area contributed by atoms with E-state index in [4.69, 9.17) is 21.2 Å². The number of nitrogens with zero attached hydrogens (tertiary/aromatic N) is 3. The molecular formula is C16H18ClKN4O2S. The van der Waals surface area contributed by atoms with E-state index in [0.717, 1.165) is 23.7 Å². The molecule has 1 aliphatic rings. The van der Waals surface area contributed by atoms with Crippen LogP contribution >= 0.6 is 22.9 Å². The summed E-state index contributed by atoms with van der Waals surface area (Å²) < 4.78 is 5.39. The Morgan fingerprint density at radius 3 is 2.60 bits per heavy atom. The molecule has 25 heavy (non-hydrogen) atoms. The standard InChI is InChI=1S/C16H15ClN3O2S.K.H3N/c1-19-22-16-14(11-4-2-3-5-13(11)17)12(10-18)15(23-16)20-6-8-21-9-7-20;;/h2-5H,6-9H2,1H3;;1H3/q-1;+1;. The van der Waals surface area contributed by atoms with Crippen molar-refractivity contribution in [3.63, 3.8) is 0 Å². The molecule has 0 unspecified atom stereocenters. The van der Waals surface area contributed by atoms with Crippen molar-refractivity contribution in [3.05, 3.63) is 40.3 Å². The summed E-state index contributed by atoms with van der Waals surface area (Å²) in [4.78, 5) is 7.58. The van der Waals surface area contributed by atoms with Crippen LogP contribution in [-0.2, 0) is 4.74 Å². The van der Waals surface area contributed by atoms with Crippen LogP contribution in [0.5, 0.6) is 5.06 Å². The average molecular weight is 405 g/mol. The molecule has 1 aromatic heterocycles. The summed E-state index contributed by atoms with van der Waals surface area (Å²) in [5, 5.41) is 11.8. The van der Waals surface area contributed by atoms with Crippen molar-refractivity contribution in [2.24, 2.45) is 0 Å². The van der Waals surface area contributed by atoms with Crippen molar-refractivity contribution in [2.75, 3.05) is 38.3 Å². The van der Waals surface area contributed by atoms with Gasteiger partial charge < -0.3 is 26.1 Å². The summed E-state index contributed by atoms with van der Waals surface area (Å²) in [5.41, 5.74) is 5.82. The summed E-state index contributed by atoms with van der Waals surface area (Å²) in [6, 6.07) is 9.75. The second-order valence-corrected chi connectivity index (χ2v) is 6.28. The third-order valence-electron chi connectivity index (χ3n) is 3.58. The Balaban J connectivity index is 0.00000156. The van der Waals surface area contributed by atoms with Crippen molar-refractivity contribution in [3.8, 4) is 22.3 Å². The number of anilines is 1. The molecule has 0 amide bonds. The third-order valence-corrected chi connectivity index (χ3v) is 5.03. The van der Waals surface area contributed by atoms with Gasteiger partial charge in [-0.25, -0.2) is 0 Å². The van der Waals surface area contributed by atoms with Crippen LogP contribution in [0.4, 0.5) is 5.00 Å². The summed E-state index contributed by atoms with van der Waals surface area (Å²) >= 11 is 7.75. The molecular weight excluding hydrogens is 387 g/mol. The molecule has 1 saturated heterocycles. The second kappa shape index (κ2) is 10.8. The van der Waals surface area contributed by atoms with Crippen LogP contribution in [0.3, 0.4) is 0 Å². The summed E-state index contributed by atoms with van der Waals surface area (Å²) in [6.07, 6.45) is 0. The summed E-state index contributed by atoms with van der Waals surface area (Å²) in [6.45, 7) is 2.80. The van der Waals surface area contributed by atoms with Crippen molar-refractivity contribution in [1.82, 2.24) is 6.15 Å². The van der Waals surface area contributed by atoms with Gasteiger partial charge in [0.25, 0.3) is 0 Å². The SMILES string of the molecule is C[N-]Oc1sc(N2CCOCC2)c(C#N)c1-c1ccccc1Cl.N.[K+]. The molecule has 3 N–H and O–H groups in total. The first-order valence-electron chi connectivity index (χ1n) is 7.17. The van der Waals surface area contributed by atoms with E-state index in [2.05, 4.69) is 16.4 Å². The molecule has 0 aliphatic carbocycles. The van der Waals surface area contributed by atoms with E-state index < -0.39 is 0 Å². The van der Waals surface area contributed by atoms with E-state index in [-0.39, 0.29) is 57.5 Å². The van der Waals surface area contributed by atoms with Crippen LogP contribution in [-0.4, -0.2) is 33.4 Å². The molecule has 0 radical (unpaired) electrons. The maximum Gasteiger partial charge on any atom is 1.00 e. The number of benzene rings is 1. The number of hydroxylamine groups is 1. The molecule has 0 atom stereocenters. The minimum atomic E-state index is 0. The molecule has 128 valence electrons. The van der Waals surface area contributed by atoms with Crippen LogP contribution < -0.4 is 67.3 Å². The minimum Gasteiger partial charge on any atom is -0.580 e. The molecule has 9 heteroatoms. The van der Waals surface area contributed by atoms with Crippen molar-refractivity contribution in [1.29, 1.82) is 5.26 Å². The van der Waals surface area contributed by atoms with Gasteiger partial charge in [-0.3, -0.25) is 0 Å². The van der Waals surface area contributed by atoms with Gasteiger partial charge in [-0.2, -0.15) is 5.26 Å². The second-order valence-electron chi connectivity index (χ2n) is 4.91. The predicted molar refractivity (Wildman–Crippen MR) is 97.4 cm³/mol. The first-order chi connectivity index (χ1) is 11.3. The van der Waals surface area contributed by atoms with Gasteiger partial charge in [0.2, 0.25) is 0 Å². The molecule has 2 heterocycles. The Labute approximate surface area is 199 Å². The third kappa shape index (κ3) is 4.96. The predicted octanol–water partition coefficient (Wildman–Crippen LogP) is 1.24. The largest absolute Gasteiger partial charge is 1.00 e. The van der Waals surface area contributed by atoms with Crippen molar-refractivity contribution in [2.45, 2.75) is 0 Å². The molecule has 2 aromatic rings. The summed E-state index contributed by atoms with van der Waals surface area (Å²) in [7, 11) is 1.57. The van der Waals surface area contributed by atoms with E-state index in [0.29, 0.717) is 34.4 Å². The van der Waals surface area contributed by atoms with Crippen LogP contribution in [0, 0.1) is 11.3 Å². The number of rotatable bonds is 4. The van der Waals surface area contributed by atoms with Gasteiger partial charge in [-0.15, -0.1) is 7.05 Å². The molecule has 0 spiro atoms. The van der Waals surface area contributed by atoms with Gasteiger partial charge >= 0.3 is 51.4 Å². The average Bonchev–Trinajstić information content (AvgIpc) is 2.95. The van der Waals surface area contributed by atoms with Gasteiger partial charge in [-0.1, -0.05) is 41.1 Å². The Morgan fingerprint density at radius 1 is 1.32 bits per heavy atom. The molecule has 6 nitrogen and oxygen atoms in total. The molecule has 1 aliphatic heterocycles. The maximum atomic E-state index is 9.73. The molecule has 0 bridgehead atoms.